The van der Waals surface area contributed by atoms with Crippen molar-refractivity contribution in [2.45, 2.75) is 55.0 Å². The van der Waals surface area contributed by atoms with Gasteiger partial charge in [0.25, 0.3) is 0 Å². The topological polar surface area (TPSA) is 78.3 Å². The van der Waals surface area contributed by atoms with Gasteiger partial charge in [-0.2, -0.15) is 0 Å². The van der Waals surface area contributed by atoms with E-state index in [0.717, 1.165) is 11.0 Å². The van der Waals surface area contributed by atoms with Crippen molar-refractivity contribution < 1.29 is 14.3 Å². The molecule has 0 saturated heterocycles. The number of fused-ring (bicyclic) bond motifs is 1. The number of carbonyl (C=O) groups is 1. The van der Waals surface area contributed by atoms with Gasteiger partial charge in [0.05, 0.1) is 5.25 Å². The molecule has 5 rings (SSSR count). The van der Waals surface area contributed by atoms with Crippen molar-refractivity contribution in [2.75, 3.05) is 12.1 Å². The maximum atomic E-state index is 12.6. The molecule has 136 valence electrons. The Balaban J connectivity index is 1.28. The SMILES string of the molecule is CC(Sc1nnc(C2CC2)n1C1CC1)C(=O)Nc1ccc2c(c1)OCO2. The van der Waals surface area contributed by atoms with Crippen LogP contribution >= 0.6 is 11.8 Å². The van der Waals surface area contributed by atoms with Crippen LogP contribution in [0.25, 0.3) is 0 Å². The second-order valence-corrected chi connectivity index (χ2v) is 8.34. The minimum atomic E-state index is -0.269. The molecular formula is C18H20N4O3S. The van der Waals surface area contributed by atoms with Gasteiger partial charge in [-0.15, -0.1) is 10.2 Å². The zero-order valence-corrected chi connectivity index (χ0v) is 15.3. The Hall–Kier alpha value is -2.22. The van der Waals surface area contributed by atoms with Crippen molar-refractivity contribution in [3.63, 3.8) is 0 Å². The van der Waals surface area contributed by atoms with Crippen molar-refractivity contribution in [1.82, 2.24) is 14.8 Å². The number of amides is 1. The molecule has 8 heteroatoms. The lowest BCUT2D eigenvalue weighted by molar-refractivity contribution is -0.115. The van der Waals surface area contributed by atoms with E-state index in [1.807, 2.05) is 13.0 Å². The summed E-state index contributed by atoms with van der Waals surface area (Å²) in [6.07, 6.45) is 4.78. The number of nitrogens with one attached hydrogen (secondary N) is 1. The number of nitrogens with zero attached hydrogens (tertiary/aromatic N) is 3. The maximum Gasteiger partial charge on any atom is 0.237 e. The monoisotopic (exact) mass is 372 g/mol. The standard InChI is InChI=1S/C18H20N4O3S/c1-10(17(23)19-12-4-7-14-15(8-12)25-9-24-14)26-18-21-20-16(11-2-3-11)22(18)13-5-6-13/h4,7-8,10-11,13H,2-3,5-6,9H2,1H3,(H,19,23). The highest BCUT2D eigenvalue weighted by atomic mass is 32.2. The molecule has 1 aliphatic heterocycles. The van der Waals surface area contributed by atoms with Crippen molar-refractivity contribution in [1.29, 1.82) is 0 Å². The summed E-state index contributed by atoms with van der Waals surface area (Å²) in [5.74, 6) is 2.97. The highest BCUT2D eigenvalue weighted by molar-refractivity contribution is 8.00. The molecule has 2 aliphatic carbocycles. The molecule has 0 bridgehead atoms. The van der Waals surface area contributed by atoms with Crippen LogP contribution in [0.3, 0.4) is 0 Å². The summed E-state index contributed by atoms with van der Waals surface area (Å²) in [5.41, 5.74) is 0.703. The molecule has 26 heavy (non-hydrogen) atoms. The van der Waals surface area contributed by atoms with Crippen LogP contribution in [0.15, 0.2) is 23.4 Å². The normalized spacial score (nSPS) is 19.4. The molecule has 2 aromatic rings. The fourth-order valence-electron chi connectivity index (χ4n) is 3.09. The zero-order chi connectivity index (χ0) is 17.7. The summed E-state index contributed by atoms with van der Waals surface area (Å²) in [6.45, 7) is 2.12. The number of aromatic nitrogens is 3. The fraction of sp³-hybridized carbons (Fsp3) is 0.500. The summed E-state index contributed by atoms with van der Waals surface area (Å²) >= 11 is 1.48. The molecule has 1 aromatic heterocycles. The fourth-order valence-corrected chi connectivity index (χ4v) is 4.02. The van der Waals surface area contributed by atoms with Gasteiger partial charge in [-0.3, -0.25) is 4.79 Å². The first-order valence-corrected chi connectivity index (χ1v) is 9.89. The van der Waals surface area contributed by atoms with Gasteiger partial charge in [-0.1, -0.05) is 11.8 Å². The number of hydrogen-bond acceptors (Lipinski definition) is 6. The molecule has 7 nitrogen and oxygen atoms in total. The molecule has 3 aliphatic rings. The number of ether oxygens (including phenoxy) is 2. The Morgan fingerprint density at radius 1 is 1.23 bits per heavy atom. The van der Waals surface area contributed by atoms with Crippen LogP contribution in [0.5, 0.6) is 11.5 Å². The predicted octanol–water partition coefficient (Wildman–Crippen LogP) is 3.34. The van der Waals surface area contributed by atoms with Gasteiger partial charge >= 0.3 is 0 Å². The molecule has 1 aromatic carbocycles. The van der Waals surface area contributed by atoms with Crippen LogP contribution in [0, 0.1) is 0 Å². The van der Waals surface area contributed by atoms with E-state index >= 15 is 0 Å². The smallest absolute Gasteiger partial charge is 0.237 e. The van der Waals surface area contributed by atoms with Crippen molar-refractivity contribution in [3.05, 3.63) is 24.0 Å². The minimum absolute atomic E-state index is 0.0628. The second kappa shape index (κ2) is 6.19. The Labute approximate surface area is 155 Å². The molecule has 2 saturated carbocycles. The zero-order valence-electron chi connectivity index (χ0n) is 14.5. The third-order valence-corrected chi connectivity index (χ3v) is 5.89. The second-order valence-electron chi connectivity index (χ2n) is 7.03. The Kier molecular flexibility index (Phi) is 3.81. The number of rotatable bonds is 6. The lowest BCUT2D eigenvalue weighted by Gasteiger charge is -2.13. The average Bonchev–Trinajstić information content (AvgIpc) is 3.56. The quantitative estimate of drug-likeness (QED) is 0.784. The number of benzene rings is 1. The first kappa shape index (κ1) is 16.0. The molecule has 0 radical (unpaired) electrons. The molecule has 1 unspecified atom stereocenters. The van der Waals surface area contributed by atoms with Gasteiger partial charge in [0.15, 0.2) is 16.7 Å². The third kappa shape index (κ3) is 3.02. The van der Waals surface area contributed by atoms with E-state index in [-0.39, 0.29) is 18.0 Å². The summed E-state index contributed by atoms with van der Waals surface area (Å²) < 4.78 is 12.9. The molecule has 1 atom stereocenters. The molecule has 0 spiro atoms. The first-order valence-electron chi connectivity index (χ1n) is 9.01. The van der Waals surface area contributed by atoms with Gasteiger partial charge in [-0.25, -0.2) is 0 Å². The van der Waals surface area contributed by atoms with Gasteiger partial charge in [-0.05, 0) is 44.7 Å². The highest BCUT2D eigenvalue weighted by Gasteiger charge is 2.37. The summed E-state index contributed by atoms with van der Waals surface area (Å²) in [6, 6.07) is 5.93. The van der Waals surface area contributed by atoms with Gasteiger partial charge in [0.2, 0.25) is 12.7 Å². The van der Waals surface area contributed by atoms with Gasteiger partial charge in [0.1, 0.15) is 5.82 Å². The van der Waals surface area contributed by atoms with E-state index < -0.39 is 0 Å². The van der Waals surface area contributed by atoms with E-state index in [1.165, 1.54) is 37.4 Å². The summed E-state index contributed by atoms with van der Waals surface area (Å²) in [5, 5.41) is 12.3. The predicted molar refractivity (Wildman–Crippen MR) is 96.8 cm³/mol. The number of carbonyl (C=O) groups excluding carboxylic acids is 1. The van der Waals surface area contributed by atoms with Crippen molar-refractivity contribution in [2.24, 2.45) is 0 Å². The van der Waals surface area contributed by atoms with Crippen LogP contribution in [0.2, 0.25) is 0 Å². The van der Waals surface area contributed by atoms with Crippen LogP contribution in [-0.4, -0.2) is 32.7 Å². The van der Waals surface area contributed by atoms with Crippen molar-refractivity contribution >= 4 is 23.4 Å². The van der Waals surface area contributed by atoms with Crippen molar-refractivity contribution in [3.8, 4) is 11.5 Å². The molecule has 1 N–H and O–H groups in total. The van der Waals surface area contributed by atoms with Crippen LogP contribution in [0.4, 0.5) is 5.69 Å². The Bertz CT molecular complexity index is 860. The minimum Gasteiger partial charge on any atom is -0.454 e. The molecule has 1 amide bonds. The number of hydrogen-bond donors (Lipinski definition) is 1. The van der Waals surface area contributed by atoms with Gasteiger partial charge < -0.3 is 19.4 Å². The largest absolute Gasteiger partial charge is 0.454 e. The molecule has 2 heterocycles. The van der Waals surface area contributed by atoms with E-state index in [9.17, 15) is 4.79 Å². The lowest BCUT2D eigenvalue weighted by Crippen LogP contribution is -2.23. The lowest BCUT2D eigenvalue weighted by atomic mass is 10.2. The van der Waals surface area contributed by atoms with Crippen LogP contribution < -0.4 is 14.8 Å². The van der Waals surface area contributed by atoms with E-state index in [2.05, 4.69) is 20.1 Å². The Morgan fingerprint density at radius 3 is 2.81 bits per heavy atom. The van der Waals surface area contributed by atoms with Crippen LogP contribution in [0.1, 0.15) is 50.4 Å². The summed E-state index contributed by atoms with van der Waals surface area (Å²) in [7, 11) is 0. The third-order valence-electron chi connectivity index (χ3n) is 4.84. The van der Waals surface area contributed by atoms with Crippen LogP contribution in [-0.2, 0) is 4.79 Å². The maximum absolute atomic E-state index is 12.6. The molecular weight excluding hydrogens is 352 g/mol. The van der Waals surface area contributed by atoms with E-state index in [1.54, 1.807) is 12.1 Å². The van der Waals surface area contributed by atoms with E-state index in [0.29, 0.717) is 29.1 Å². The number of anilines is 1. The molecule has 2 fully saturated rings. The first-order chi connectivity index (χ1) is 12.7. The Morgan fingerprint density at radius 2 is 2.04 bits per heavy atom. The number of thioether (sulfide) groups is 1. The highest BCUT2D eigenvalue weighted by Crippen LogP contribution is 2.46. The average molecular weight is 372 g/mol. The van der Waals surface area contributed by atoms with E-state index in [4.69, 9.17) is 9.47 Å². The summed E-state index contributed by atoms with van der Waals surface area (Å²) in [4.78, 5) is 12.6. The van der Waals surface area contributed by atoms with Gasteiger partial charge in [0, 0.05) is 23.7 Å².